The fraction of sp³-hybridized carbons (Fsp3) is 0.438. The molecule has 1 aromatic rings. The van der Waals surface area contributed by atoms with Crippen LogP contribution in [0.25, 0.3) is 0 Å². The molecule has 0 radical (unpaired) electrons. The summed E-state index contributed by atoms with van der Waals surface area (Å²) in [6.07, 6.45) is 0.659. The van der Waals surface area contributed by atoms with E-state index in [4.69, 9.17) is 4.74 Å². The summed E-state index contributed by atoms with van der Waals surface area (Å²) in [7, 11) is 0. The number of carbonyl (C=O) groups is 3. The van der Waals surface area contributed by atoms with Crippen LogP contribution in [-0.2, 0) is 9.53 Å². The van der Waals surface area contributed by atoms with Crippen LogP contribution >= 0.6 is 11.8 Å². The largest absolute Gasteiger partial charge is 0.442 e. The number of benzene rings is 1. The minimum Gasteiger partial charge on any atom is -0.442 e. The first kappa shape index (κ1) is 15.9. The highest BCUT2D eigenvalue weighted by Crippen LogP contribution is 2.33. The van der Waals surface area contributed by atoms with Crippen molar-refractivity contribution in [2.75, 3.05) is 23.7 Å². The van der Waals surface area contributed by atoms with Gasteiger partial charge in [0.05, 0.1) is 13.1 Å². The zero-order chi connectivity index (χ0) is 16.4. The Balaban J connectivity index is 1.77. The summed E-state index contributed by atoms with van der Waals surface area (Å²) < 4.78 is 5.27. The van der Waals surface area contributed by atoms with Crippen LogP contribution in [0.3, 0.4) is 0 Å². The third-order valence-corrected chi connectivity index (χ3v) is 4.98. The Morgan fingerprint density at radius 2 is 2.26 bits per heavy atom. The first-order chi connectivity index (χ1) is 11.0. The van der Waals surface area contributed by atoms with Gasteiger partial charge in [0.2, 0.25) is 5.91 Å². The maximum absolute atomic E-state index is 12.0. The molecule has 0 unspecified atom stereocenters. The summed E-state index contributed by atoms with van der Waals surface area (Å²) in [5.74, 6) is 0.904. The van der Waals surface area contributed by atoms with Crippen LogP contribution in [-0.4, -0.2) is 42.7 Å². The van der Waals surface area contributed by atoms with Gasteiger partial charge in [-0.15, -0.1) is 11.8 Å². The molecule has 2 aliphatic heterocycles. The van der Waals surface area contributed by atoms with Gasteiger partial charge in [-0.25, -0.2) is 4.79 Å². The normalized spacial score (nSPS) is 20.7. The summed E-state index contributed by atoms with van der Waals surface area (Å²) in [6, 6.07) is 5.45. The second kappa shape index (κ2) is 6.62. The third kappa shape index (κ3) is 3.50. The van der Waals surface area contributed by atoms with Gasteiger partial charge in [0, 0.05) is 29.5 Å². The topological polar surface area (TPSA) is 75.7 Å². The van der Waals surface area contributed by atoms with Crippen molar-refractivity contribution in [3.8, 4) is 0 Å². The second-order valence-corrected chi connectivity index (χ2v) is 6.75. The minimum atomic E-state index is -0.426. The summed E-state index contributed by atoms with van der Waals surface area (Å²) >= 11 is 1.65. The fourth-order valence-electron chi connectivity index (χ4n) is 2.67. The summed E-state index contributed by atoms with van der Waals surface area (Å²) in [5.41, 5.74) is 1.46. The number of carbonyl (C=O) groups excluding carboxylic acids is 3. The van der Waals surface area contributed by atoms with E-state index in [1.807, 2.05) is 6.07 Å². The molecule has 3 rings (SSSR count). The van der Waals surface area contributed by atoms with Crippen LogP contribution in [0, 0.1) is 0 Å². The van der Waals surface area contributed by atoms with Crippen molar-refractivity contribution in [2.24, 2.45) is 0 Å². The van der Waals surface area contributed by atoms with E-state index in [2.05, 4.69) is 5.32 Å². The predicted molar refractivity (Wildman–Crippen MR) is 87.0 cm³/mol. The van der Waals surface area contributed by atoms with Crippen molar-refractivity contribution in [1.29, 1.82) is 0 Å². The van der Waals surface area contributed by atoms with Crippen LogP contribution in [0.4, 0.5) is 10.5 Å². The maximum atomic E-state index is 12.0. The number of hydrogen-bond acceptors (Lipinski definition) is 5. The Hall–Kier alpha value is -2.02. The van der Waals surface area contributed by atoms with Crippen LogP contribution in [0.1, 0.15) is 30.1 Å². The fourth-order valence-corrected chi connectivity index (χ4v) is 3.72. The molecule has 1 saturated heterocycles. The molecule has 2 aliphatic rings. The van der Waals surface area contributed by atoms with Crippen LogP contribution in [0.5, 0.6) is 0 Å². The maximum Gasteiger partial charge on any atom is 0.414 e. The quantitative estimate of drug-likeness (QED) is 0.917. The lowest BCUT2D eigenvalue weighted by Crippen LogP contribution is -2.33. The Morgan fingerprint density at radius 1 is 1.43 bits per heavy atom. The molecule has 0 saturated carbocycles. The Morgan fingerprint density at radius 3 is 3.04 bits per heavy atom. The third-order valence-electron chi connectivity index (χ3n) is 3.84. The molecule has 23 heavy (non-hydrogen) atoms. The Labute approximate surface area is 138 Å². The van der Waals surface area contributed by atoms with Gasteiger partial charge in [0.1, 0.15) is 6.10 Å². The first-order valence-electron chi connectivity index (χ1n) is 7.57. The molecule has 0 spiro atoms. The molecule has 1 N–H and O–H groups in total. The summed E-state index contributed by atoms with van der Waals surface area (Å²) in [6.45, 7) is 2.11. The minimum absolute atomic E-state index is 0.153. The lowest BCUT2D eigenvalue weighted by atomic mass is 10.1. The number of cyclic esters (lactones) is 1. The lowest BCUT2D eigenvalue weighted by molar-refractivity contribution is -0.119. The number of fused-ring (bicyclic) bond motifs is 1. The van der Waals surface area contributed by atoms with Crippen molar-refractivity contribution in [1.82, 2.24) is 5.32 Å². The standard InChI is InChI=1S/C16H18N2O4S/c1-10(19)17-8-12-9-18(16(21)22-12)11-4-5-13-14(20)3-2-6-23-15(13)7-11/h4-5,7,12H,2-3,6,8-9H2,1H3,(H,17,19)/t12-/m0/s1. The van der Waals surface area contributed by atoms with Crippen LogP contribution in [0.2, 0.25) is 0 Å². The molecule has 7 heteroatoms. The van der Waals surface area contributed by atoms with E-state index in [1.165, 1.54) is 6.92 Å². The van der Waals surface area contributed by atoms with Gasteiger partial charge in [-0.2, -0.15) is 0 Å². The average Bonchev–Trinajstić information content (AvgIpc) is 2.79. The number of anilines is 1. The number of amides is 2. The van der Waals surface area contributed by atoms with Gasteiger partial charge in [0.15, 0.2) is 5.78 Å². The monoisotopic (exact) mass is 334 g/mol. The molecule has 1 fully saturated rings. The van der Waals surface area contributed by atoms with Gasteiger partial charge < -0.3 is 10.1 Å². The zero-order valence-electron chi connectivity index (χ0n) is 12.8. The highest BCUT2D eigenvalue weighted by Gasteiger charge is 2.33. The number of ketones is 1. The molecule has 0 bridgehead atoms. The van der Waals surface area contributed by atoms with Gasteiger partial charge >= 0.3 is 6.09 Å². The van der Waals surface area contributed by atoms with Crippen molar-refractivity contribution < 1.29 is 19.1 Å². The van der Waals surface area contributed by atoms with Gasteiger partial charge in [-0.3, -0.25) is 14.5 Å². The summed E-state index contributed by atoms with van der Waals surface area (Å²) in [4.78, 5) is 37.5. The van der Waals surface area contributed by atoms with Crippen molar-refractivity contribution in [3.05, 3.63) is 23.8 Å². The molecule has 2 amide bonds. The smallest absolute Gasteiger partial charge is 0.414 e. The summed E-state index contributed by atoms with van der Waals surface area (Å²) in [5, 5.41) is 2.65. The van der Waals surface area contributed by atoms with Gasteiger partial charge in [0.25, 0.3) is 0 Å². The number of Topliss-reactive ketones (excluding diaryl/α,β-unsaturated/α-hetero) is 1. The van der Waals surface area contributed by atoms with Gasteiger partial charge in [-0.1, -0.05) is 0 Å². The average molecular weight is 334 g/mol. The molecule has 2 heterocycles. The highest BCUT2D eigenvalue weighted by molar-refractivity contribution is 7.99. The van der Waals surface area contributed by atoms with E-state index in [9.17, 15) is 14.4 Å². The number of nitrogens with zero attached hydrogens (tertiary/aromatic N) is 1. The predicted octanol–water partition coefficient (Wildman–Crippen LogP) is 2.22. The van der Waals surface area contributed by atoms with E-state index in [0.717, 1.165) is 28.3 Å². The number of hydrogen-bond donors (Lipinski definition) is 1. The Bertz CT molecular complexity index is 661. The van der Waals surface area contributed by atoms with Crippen LogP contribution < -0.4 is 10.2 Å². The SMILES string of the molecule is CC(=O)NC[C@H]1CN(c2ccc3c(c2)SCCCC3=O)C(=O)O1. The highest BCUT2D eigenvalue weighted by atomic mass is 32.2. The number of nitrogens with one attached hydrogen (secondary N) is 1. The second-order valence-electron chi connectivity index (χ2n) is 5.61. The number of rotatable bonds is 3. The Kier molecular flexibility index (Phi) is 4.56. The number of thioether (sulfide) groups is 1. The number of ether oxygens (including phenoxy) is 1. The molecule has 122 valence electrons. The molecule has 1 atom stereocenters. The van der Waals surface area contributed by atoms with E-state index in [1.54, 1.807) is 28.8 Å². The van der Waals surface area contributed by atoms with E-state index in [0.29, 0.717) is 19.5 Å². The van der Waals surface area contributed by atoms with Crippen molar-refractivity contribution in [2.45, 2.75) is 30.8 Å². The van der Waals surface area contributed by atoms with E-state index < -0.39 is 6.09 Å². The van der Waals surface area contributed by atoms with Gasteiger partial charge in [-0.05, 0) is 30.4 Å². The van der Waals surface area contributed by atoms with E-state index >= 15 is 0 Å². The van der Waals surface area contributed by atoms with Crippen molar-refractivity contribution in [3.63, 3.8) is 0 Å². The van der Waals surface area contributed by atoms with E-state index in [-0.39, 0.29) is 17.8 Å². The first-order valence-corrected chi connectivity index (χ1v) is 8.56. The molecular weight excluding hydrogens is 316 g/mol. The van der Waals surface area contributed by atoms with Crippen LogP contribution in [0.15, 0.2) is 23.1 Å². The molecule has 6 nitrogen and oxygen atoms in total. The molecular formula is C16H18N2O4S. The molecule has 0 aromatic heterocycles. The lowest BCUT2D eigenvalue weighted by Gasteiger charge is -2.15. The zero-order valence-corrected chi connectivity index (χ0v) is 13.6. The molecule has 1 aromatic carbocycles. The molecule has 0 aliphatic carbocycles. The van der Waals surface area contributed by atoms with Crippen molar-refractivity contribution >= 4 is 35.2 Å².